The first-order valence-corrected chi connectivity index (χ1v) is 8.52. The third kappa shape index (κ3) is 5.64. The number of sulfone groups is 1. The van der Waals surface area contributed by atoms with Crippen LogP contribution in [0.1, 0.15) is 34.1 Å². The SMILES string of the molecule is CCCN(CCBr)CCS(=O)(=O)C(C)(C)C. The van der Waals surface area contributed by atoms with E-state index in [0.29, 0.717) is 6.54 Å². The molecule has 98 valence electrons. The minimum absolute atomic E-state index is 0.253. The predicted octanol–water partition coefficient (Wildman–Crippen LogP) is 2.31. The van der Waals surface area contributed by atoms with Gasteiger partial charge in [0.25, 0.3) is 0 Å². The van der Waals surface area contributed by atoms with Crippen LogP contribution in [0.3, 0.4) is 0 Å². The van der Waals surface area contributed by atoms with Gasteiger partial charge in [0, 0.05) is 18.4 Å². The third-order valence-electron chi connectivity index (χ3n) is 2.55. The van der Waals surface area contributed by atoms with Gasteiger partial charge in [-0.15, -0.1) is 0 Å². The Balaban J connectivity index is 4.30. The predicted molar refractivity (Wildman–Crippen MR) is 74.1 cm³/mol. The number of alkyl halides is 1. The molecule has 0 aromatic carbocycles. The van der Waals surface area contributed by atoms with E-state index in [1.165, 1.54) is 0 Å². The molecule has 0 aliphatic heterocycles. The highest BCUT2D eigenvalue weighted by atomic mass is 79.9. The summed E-state index contributed by atoms with van der Waals surface area (Å²) in [7, 11) is -2.99. The Labute approximate surface area is 109 Å². The molecule has 16 heavy (non-hydrogen) atoms. The molecule has 0 aliphatic carbocycles. The molecule has 0 amide bonds. The summed E-state index contributed by atoms with van der Waals surface area (Å²) in [5.41, 5.74) is 0. The van der Waals surface area contributed by atoms with Gasteiger partial charge in [0.2, 0.25) is 0 Å². The zero-order chi connectivity index (χ0) is 12.8. The van der Waals surface area contributed by atoms with Crippen molar-refractivity contribution in [2.24, 2.45) is 0 Å². The molecular formula is C11H24BrNO2S. The van der Waals surface area contributed by atoms with Crippen molar-refractivity contribution in [1.29, 1.82) is 0 Å². The molecule has 0 spiro atoms. The summed E-state index contributed by atoms with van der Waals surface area (Å²) < 4.78 is 23.2. The molecule has 0 N–H and O–H groups in total. The fourth-order valence-corrected chi connectivity index (χ4v) is 2.94. The molecule has 0 aromatic rings. The largest absolute Gasteiger partial charge is 0.302 e. The van der Waals surface area contributed by atoms with Gasteiger partial charge >= 0.3 is 0 Å². The third-order valence-corrected chi connectivity index (χ3v) is 5.49. The van der Waals surface area contributed by atoms with E-state index < -0.39 is 14.6 Å². The monoisotopic (exact) mass is 313 g/mol. The second kappa shape index (κ2) is 6.97. The quantitative estimate of drug-likeness (QED) is 0.677. The van der Waals surface area contributed by atoms with E-state index >= 15 is 0 Å². The highest BCUT2D eigenvalue weighted by Crippen LogP contribution is 2.16. The maximum atomic E-state index is 11.9. The first-order chi connectivity index (χ1) is 7.24. The average molecular weight is 314 g/mol. The molecule has 0 aromatic heterocycles. The number of halogens is 1. The number of nitrogens with zero attached hydrogens (tertiary/aromatic N) is 1. The van der Waals surface area contributed by atoms with Crippen molar-refractivity contribution in [3.05, 3.63) is 0 Å². The Morgan fingerprint density at radius 1 is 1.12 bits per heavy atom. The van der Waals surface area contributed by atoms with Crippen molar-refractivity contribution >= 4 is 25.8 Å². The van der Waals surface area contributed by atoms with Crippen LogP contribution in [0.4, 0.5) is 0 Å². The molecule has 5 heteroatoms. The van der Waals surface area contributed by atoms with Crippen LogP contribution in [0.15, 0.2) is 0 Å². The molecular weight excluding hydrogens is 290 g/mol. The summed E-state index contributed by atoms with van der Waals surface area (Å²) in [6.07, 6.45) is 1.06. The Morgan fingerprint density at radius 2 is 1.69 bits per heavy atom. The normalized spacial score (nSPS) is 13.4. The molecule has 0 aliphatic rings. The lowest BCUT2D eigenvalue weighted by Crippen LogP contribution is -2.37. The molecule has 0 fully saturated rings. The molecule has 3 nitrogen and oxygen atoms in total. The molecule has 0 atom stereocenters. The highest BCUT2D eigenvalue weighted by Gasteiger charge is 2.28. The van der Waals surface area contributed by atoms with Crippen LogP contribution in [0.2, 0.25) is 0 Å². The van der Waals surface area contributed by atoms with Gasteiger partial charge in [0.15, 0.2) is 9.84 Å². The first-order valence-electron chi connectivity index (χ1n) is 5.75. The van der Waals surface area contributed by atoms with E-state index in [1.54, 1.807) is 20.8 Å². The molecule has 0 heterocycles. The second-order valence-electron chi connectivity index (χ2n) is 4.96. The van der Waals surface area contributed by atoms with Crippen molar-refractivity contribution in [2.75, 3.05) is 30.7 Å². The van der Waals surface area contributed by atoms with Gasteiger partial charge in [-0.3, -0.25) is 0 Å². The van der Waals surface area contributed by atoms with Crippen molar-refractivity contribution < 1.29 is 8.42 Å². The zero-order valence-corrected chi connectivity index (χ0v) is 13.2. The maximum Gasteiger partial charge on any atom is 0.156 e. The lowest BCUT2D eigenvalue weighted by Gasteiger charge is -2.24. The summed E-state index contributed by atoms with van der Waals surface area (Å²) >= 11 is 3.39. The highest BCUT2D eigenvalue weighted by molar-refractivity contribution is 9.09. The van der Waals surface area contributed by atoms with Crippen LogP contribution in [0.25, 0.3) is 0 Å². The van der Waals surface area contributed by atoms with E-state index in [9.17, 15) is 8.42 Å². The maximum absolute atomic E-state index is 11.9. The standard InChI is InChI=1S/C11H24BrNO2S/c1-5-7-13(8-6-12)9-10-16(14,15)11(2,3)4/h5-10H2,1-4H3. The van der Waals surface area contributed by atoms with Crippen LogP contribution in [-0.2, 0) is 9.84 Å². The fraction of sp³-hybridized carbons (Fsp3) is 1.00. The summed E-state index contributed by atoms with van der Waals surface area (Å²) in [5.74, 6) is 0.253. The number of rotatable bonds is 7. The molecule has 0 unspecified atom stereocenters. The van der Waals surface area contributed by atoms with Crippen LogP contribution < -0.4 is 0 Å². The summed E-state index contributed by atoms with van der Waals surface area (Å²) in [6.45, 7) is 9.91. The molecule has 0 saturated carbocycles. The van der Waals surface area contributed by atoms with Crippen molar-refractivity contribution in [3.8, 4) is 0 Å². The number of hydrogen-bond acceptors (Lipinski definition) is 3. The fourth-order valence-electron chi connectivity index (χ4n) is 1.33. The Bertz CT molecular complexity index is 277. The van der Waals surface area contributed by atoms with E-state index in [0.717, 1.165) is 24.8 Å². The second-order valence-corrected chi connectivity index (χ2v) is 8.62. The van der Waals surface area contributed by atoms with Gasteiger partial charge in [-0.1, -0.05) is 22.9 Å². The van der Waals surface area contributed by atoms with Gasteiger partial charge in [-0.05, 0) is 33.7 Å². The summed E-state index contributed by atoms with van der Waals surface area (Å²) in [4.78, 5) is 2.19. The minimum Gasteiger partial charge on any atom is -0.302 e. The van der Waals surface area contributed by atoms with Gasteiger partial charge < -0.3 is 4.90 Å². The van der Waals surface area contributed by atoms with Crippen molar-refractivity contribution in [2.45, 2.75) is 38.9 Å². The lowest BCUT2D eigenvalue weighted by molar-refractivity contribution is 0.308. The minimum atomic E-state index is -2.99. The molecule has 0 radical (unpaired) electrons. The van der Waals surface area contributed by atoms with E-state index in [2.05, 4.69) is 27.8 Å². The molecule has 0 rings (SSSR count). The first kappa shape index (κ1) is 16.4. The summed E-state index contributed by atoms with van der Waals surface area (Å²) in [6, 6.07) is 0. The number of hydrogen-bond donors (Lipinski definition) is 0. The lowest BCUT2D eigenvalue weighted by atomic mass is 10.3. The van der Waals surface area contributed by atoms with E-state index in [4.69, 9.17) is 0 Å². The topological polar surface area (TPSA) is 37.4 Å². The van der Waals surface area contributed by atoms with Gasteiger partial charge in [0.05, 0.1) is 10.5 Å². The summed E-state index contributed by atoms with van der Waals surface area (Å²) in [5, 5.41) is 0.891. The van der Waals surface area contributed by atoms with Crippen molar-refractivity contribution in [1.82, 2.24) is 4.90 Å². The average Bonchev–Trinajstić information content (AvgIpc) is 2.13. The van der Waals surface area contributed by atoms with Gasteiger partial charge in [-0.2, -0.15) is 0 Å². The van der Waals surface area contributed by atoms with Crippen LogP contribution >= 0.6 is 15.9 Å². The smallest absolute Gasteiger partial charge is 0.156 e. The van der Waals surface area contributed by atoms with Crippen LogP contribution in [-0.4, -0.2) is 48.8 Å². The Morgan fingerprint density at radius 3 is 2.06 bits per heavy atom. The van der Waals surface area contributed by atoms with Gasteiger partial charge in [0.1, 0.15) is 0 Å². The van der Waals surface area contributed by atoms with Crippen molar-refractivity contribution in [3.63, 3.8) is 0 Å². The Hall–Kier alpha value is 0.390. The van der Waals surface area contributed by atoms with E-state index in [1.807, 2.05) is 0 Å². The Kier molecular flexibility index (Phi) is 7.14. The molecule has 0 bridgehead atoms. The molecule has 0 saturated heterocycles. The van der Waals surface area contributed by atoms with Gasteiger partial charge in [-0.25, -0.2) is 8.42 Å². The van der Waals surface area contributed by atoms with Crippen LogP contribution in [0, 0.1) is 0 Å². The zero-order valence-electron chi connectivity index (χ0n) is 10.8. The van der Waals surface area contributed by atoms with E-state index in [-0.39, 0.29) is 5.75 Å². The van der Waals surface area contributed by atoms with Crippen LogP contribution in [0.5, 0.6) is 0 Å².